The molecular formula is C19H28F3N3O4. The third-order valence-corrected chi connectivity index (χ3v) is 5.44. The van der Waals surface area contributed by atoms with E-state index in [1.807, 2.05) is 23.1 Å². The summed E-state index contributed by atoms with van der Waals surface area (Å²) in [6.07, 6.45) is 5.66. The molecule has 0 unspecified atom stereocenters. The van der Waals surface area contributed by atoms with Crippen molar-refractivity contribution in [3.63, 3.8) is 0 Å². The molecule has 1 aromatic heterocycles. The Labute approximate surface area is 167 Å². The van der Waals surface area contributed by atoms with Gasteiger partial charge in [0.2, 0.25) is 0 Å². The number of fused-ring (bicyclic) bond motifs is 1. The lowest BCUT2D eigenvalue weighted by molar-refractivity contribution is -0.192. The Kier molecular flexibility index (Phi) is 7.53. The molecular weight excluding hydrogens is 391 g/mol. The van der Waals surface area contributed by atoms with E-state index in [4.69, 9.17) is 19.4 Å². The van der Waals surface area contributed by atoms with Gasteiger partial charge >= 0.3 is 12.1 Å². The van der Waals surface area contributed by atoms with Gasteiger partial charge in [0.1, 0.15) is 6.10 Å². The lowest BCUT2D eigenvalue weighted by atomic mass is 10.0. The number of hydrogen-bond donors (Lipinski definition) is 1. The van der Waals surface area contributed by atoms with Crippen molar-refractivity contribution in [2.24, 2.45) is 5.92 Å². The van der Waals surface area contributed by atoms with Crippen LogP contribution in [0.5, 0.6) is 0 Å². The normalized spacial score (nSPS) is 27.2. The van der Waals surface area contributed by atoms with Crippen molar-refractivity contribution >= 4 is 5.97 Å². The van der Waals surface area contributed by atoms with Crippen LogP contribution in [0.25, 0.3) is 0 Å². The molecule has 3 aliphatic rings. The molecule has 1 aromatic rings. The summed E-state index contributed by atoms with van der Waals surface area (Å²) in [5.41, 5.74) is 0. The number of rotatable bonds is 7. The van der Waals surface area contributed by atoms with Crippen LogP contribution in [-0.4, -0.2) is 76.5 Å². The average Bonchev–Trinajstić information content (AvgIpc) is 3.21. The molecule has 3 atom stereocenters. The van der Waals surface area contributed by atoms with Crippen LogP contribution >= 0.6 is 0 Å². The Balaban J connectivity index is 0.000000298. The van der Waals surface area contributed by atoms with Gasteiger partial charge in [0.15, 0.2) is 0 Å². The number of aromatic nitrogens is 2. The number of nitrogens with zero attached hydrogens (tertiary/aromatic N) is 3. The Morgan fingerprint density at radius 1 is 1.31 bits per heavy atom. The van der Waals surface area contributed by atoms with Crippen LogP contribution in [0.4, 0.5) is 13.2 Å². The highest BCUT2D eigenvalue weighted by molar-refractivity contribution is 5.73. The number of carbonyl (C=O) groups is 1. The molecule has 4 rings (SSSR count). The van der Waals surface area contributed by atoms with Gasteiger partial charge in [-0.15, -0.1) is 0 Å². The van der Waals surface area contributed by atoms with Gasteiger partial charge in [-0.3, -0.25) is 9.58 Å². The molecule has 0 amide bonds. The molecule has 7 nitrogen and oxygen atoms in total. The molecule has 1 aliphatic carbocycles. The van der Waals surface area contributed by atoms with Gasteiger partial charge in [-0.25, -0.2) is 4.79 Å². The summed E-state index contributed by atoms with van der Waals surface area (Å²) in [6.45, 7) is 4.96. The summed E-state index contributed by atoms with van der Waals surface area (Å²) in [7, 11) is 0. The van der Waals surface area contributed by atoms with Gasteiger partial charge < -0.3 is 14.6 Å². The summed E-state index contributed by atoms with van der Waals surface area (Å²) < 4.78 is 46.0. The van der Waals surface area contributed by atoms with Crippen LogP contribution in [0.1, 0.15) is 32.1 Å². The second kappa shape index (κ2) is 9.90. The maximum absolute atomic E-state index is 10.6. The van der Waals surface area contributed by atoms with Gasteiger partial charge in [-0.05, 0) is 44.1 Å². The zero-order valence-corrected chi connectivity index (χ0v) is 16.3. The van der Waals surface area contributed by atoms with Gasteiger partial charge in [0.25, 0.3) is 0 Å². The smallest absolute Gasteiger partial charge is 0.475 e. The van der Waals surface area contributed by atoms with Crippen LogP contribution in [0.2, 0.25) is 0 Å². The van der Waals surface area contributed by atoms with E-state index in [1.54, 1.807) is 0 Å². The molecule has 164 valence electrons. The van der Waals surface area contributed by atoms with E-state index in [-0.39, 0.29) is 6.10 Å². The monoisotopic (exact) mass is 419 g/mol. The lowest BCUT2D eigenvalue weighted by Gasteiger charge is -2.32. The second-order valence-electron chi connectivity index (χ2n) is 7.78. The topological polar surface area (TPSA) is 76.8 Å². The molecule has 0 bridgehead atoms. The summed E-state index contributed by atoms with van der Waals surface area (Å²) >= 11 is 0. The molecule has 3 heterocycles. The van der Waals surface area contributed by atoms with E-state index < -0.39 is 12.1 Å². The van der Waals surface area contributed by atoms with Crippen LogP contribution in [0, 0.1) is 5.92 Å². The molecule has 0 aromatic carbocycles. The third-order valence-electron chi connectivity index (χ3n) is 5.44. The first-order chi connectivity index (χ1) is 13.8. The van der Waals surface area contributed by atoms with Gasteiger partial charge in [0, 0.05) is 51.3 Å². The first-order valence-electron chi connectivity index (χ1n) is 10.1. The Morgan fingerprint density at radius 3 is 2.69 bits per heavy atom. The van der Waals surface area contributed by atoms with E-state index in [0.29, 0.717) is 12.1 Å². The second-order valence-corrected chi connectivity index (χ2v) is 7.78. The summed E-state index contributed by atoms with van der Waals surface area (Å²) in [5, 5.41) is 11.4. The van der Waals surface area contributed by atoms with Crippen molar-refractivity contribution in [1.29, 1.82) is 0 Å². The molecule has 1 saturated carbocycles. The number of halogens is 3. The molecule has 2 saturated heterocycles. The number of ether oxygens (including phenoxy) is 2. The number of aliphatic carboxylic acids is 1. The SMILES string of the molecule is O=C(O)C(F)(F)F.c1cnn(CCCO[C@@H]2CN(CC3CC3)[C@@H]3CCCO[C@@H]32)c1. The Hall–Kier alpha value is -1.65. The van der Waals surface area contributed by atoms with Crippen LogP contribution in [0.15, 0.2) is 18.5 Å². The number of alkyl halides is 3. The minimum atomic E-state index is -5.08. The predicted molar refractivity (Wildman–Crippen MR) is 97.3 cm³/mol. The number of carboxylic acids is 1. The van der Waals surface area contributed by atoms with Crippen LogP contribution in [0.3, 0.4) is 0 Å². The highest BCUT2D eigenvalue weighted by Gasteiger charge is 2.45. The lowest BCUT2D eigenvalue weighted by Crippen LogP contribution is -2.42. The fourth-order valence-corrected chi connectivity index (χ4v) is 3.89. The van der Waals surface area contributed by atoms with Gasteiger partial charge in [0.05, 0.1) is 6.10 Å². The zero-order valence-electron chi connectivity index (χ0n) is 16.3. The molecule has 0 spiro atoms. The maximum atomic E-state index is 10.6. The van der Waals surface area contributed by atoms with E-state index >= 15 is 0 Å². The average molecular weight is 419 g/mol. The fourth-order valence-electron chi connectivity index (χ4n) is 3.89. The number of aryl methyl sites for hydroxylation is 1. The minimum Gasteiger partial charge on any atom is -0.475 e. The minimum absolute atomic E-state index is 0.265. The van der Waals surface area contributed by atoms with Gasteiger partial charge in [-0.1, -0.05) is 0 Å². The van der Waals surface area contributed by atoms with Gasteiger partial charge in [-0.2, -0.15) is 18.3 Å². The molecule has 1 N–H and O–H groups in total. The standard InChI is InChI=1S/C17H27N3O2.C2HF3O2/c1-4-15-17(22-10-1)16(13-19(15)12-14-5-6-14)21-11-3-9-20-8-2-7-18-20;3-2(4,5)1(6)7/h2,7-8,14-17H,1,3-6,9-13H2;(H,6,7)/t15-,16-,17+;/m1./s1. The largest absolute Gasteiger partial charge is 0.490 e. The van der Waals surface area contributed by atoms with Crippen molar-refractivity contribution < 1.29 is 32.5 Å². The highest BCUT2D eigenvalue weighted by atomic mass is 19.4. The van der Waals surface area contributed by atoms with Crippen molar-refractivity contribution in [2.75, 3.05) is 26.3 Å². The summed E-state index contributed by atoms with van der Waals surface area (Å²) in [5.74, 6) is -1.81. The Morgan fingerprint density at radius 2 is 2.07 bits per heavy atom. The van der Waals surface area contributed by atoms with E-state index in [2.05, 4.69) is 10.00 Å². The maximum Gasteiger partial charge on any atom is 0.490 e. The first-order valence-corrected chi connectivity index (χ1v) is 10.1. The van der Waals surface area contributed by atoms with Crippen LogP contribution in [-0.2, 0) is 20.8 Å². The summed E-state index contributed by atoms with van der Waals surface area (Å²) in [6, 6.07) is 2.57. The number of hydrogen-bond acceptors (Lipinski definition) is 5. The van der Waals surface area contributed by atoms with Crippen molar-refractivity contribution in [3.05, 3.63) is 18.5 Å². The molecule has 2 aliphatic heterocycles. The van der Waals surface area contributed by atoms with Crippen molar-refractivity contribution in [3.8, 4) is 0 Å². The van der Waals surface area contributed by atoms with Crippen molar-refractivity contribution in [2.45, 2.75) is 63.1 Å². The molecule has 3 fully saturated rings. The predicted octanol–water partition coefficient (Wildman–Crippen LogP) is 2.56. The zero-order chi connectivity index (χ0) is 20.9. The first kappa shape index (κ1) is 22.0. The van der Waals surface area contributed by atoms with E-state index in [9.17, 15) is 13.2 Å². The molecule has 29 heavy (non-hydrogen) atoms. The molecule has 0 radical (unpaired) electrons. The van der Waals surface area contributed by atoms with E-state index in [1.165, 1.54) is 32.2 Å². The number of likely N-dealkylation sites (tertiary alicyclic amines) is 1. The fraction of sp³-hybridized carbons (Fsp3) is 0.789. The van der Waals surface area contributed by atoms with Crippen LogP contribution < -0.4 is 0 Å². The third kappa shape index (κ3) is 6.68. The number of carboxylic acid groups (broad SMARTS) is 1. The van der Waals surface area contributed by atoms with Crippen molar-refractivity contribution in [1.82, 2.24) is 14.7 Å². The Bertz CT molecular complexity index is 637. The summed E-state index contributed by atoms with van der Waals surface area (Å²) in [4.78, 5) is 11.5. The molecule has 10 heteroatoms. The highest BCUT2D eigenvalue weighted by Crippen LogP contribution is 2.36. The quantitative estimate of drug-likeness (QED) is 0.685. The van der Waals surface area contributed by atoms with E-state index in [0.717, 1.165) is 38.6 Å².